The molecule has 4 aromatic rings. The summed E-state index contributed by atoms with van der Waals surface area (Å²) in [5, 5.41) is 3.28. The molecule has 4 rings (SSSR count). The highest BCUT2D eigenvalue weighted by atomic mass is 16.5. The molecule has 1 heterocycles. The first-order chi connectivity index (χ1) is 15.0. The lowest BCUT2D eigenvalue weighted by atomic mass is 10.2. The lowest BCUT2D eigenvalue weighted by molar-refractivity contribution is -0.116. The Morgan fingerprint density at radius 3 is 2.39 bits per heavy atom. The van der Waals surface area contributed by atoms with E-state index in [2.05, 4.69) is 10.3 Å². The van der Waals surface area contributed by atoms with Crippen molar-refractivity contribution in [1.29, 1.82) is 0 Å². The van der Waals surface area contributed by atoms with Crippen LogP contribution >= 0.6 is 0 Å². The van der Waals surface area contributed by atoms with Crippen LogP contribution in [-0.2, 0) is 11.3 Å². The minimum Gasteiger partial charge on any atom is -0.493 e. The standard InChI is InChI=1S/C24H21N3O4/c1-16-25-20-8-4-3-7-19(20)24(29)27(16)15-23(28)26-17-11-13-18(14-12-17)31-22-10-6-5-9-21(22)30-2/h3-14H,15H2,1-2H3,(H,26,28). The molecular weight excluding hydrogens is 394 g/mol. The number of rotatable bonds is 6. The van der Waals surface area contributed by atoms with Crippen LogP contribution in [0.4, 0.5) is 5.69 Å². The van der Waals surface area contributed by atoms with Crippen molar-refractivity contribution in [3.8, 4) is 17.2 Å². The van der Waals surface area contributed by atoms with Crippen molar-refractivity contribution in [3.05, 3.63) is 89.0 Å². The van der Waals surface area contributed by atoms with E-state index >= 15 is 0 Å². The molecule has 1 N–H and O–H groups in total. The highest BCUT2D eigenvalue weighted by Gasteiger charge is 2.12. The number of carbonyl (C=O) groups is 1. The van der Waals surface area contributed by atoms with E-state index in [1.165, 1.54) is 4.57 Å². The first kappa shape index (κ1) is 20.2. The zero-order valence-corrected chi connectivity index (χ0v) is 17.2. The summed E-state index contributed by atoms with van der Waals surface area (Å²) in [5.74, 6) is 2.00. The Morgan fingerprint density at radius 2 is 1.65 bits per heavy atom. The molecule has 0 saturated carbocycles. The molecule has 1 amide bonds. The molecule has 0 bridgehead atoms. The molecule has 0 saturated heterocycles. The summed E-state index contributed by atoms with van der Waals surface area (Å²) >= 11 is 0. The lowest BCUT2D eigenvalue weighted by Crippen LogP contribution is -2.30. The number of fused-ring (bicyclic) bond motifs is 1. The first-order valence-electron chi connectivity index (χ1n) is 9.72. The molecule has 0 fully saturated rings. The van der Waals surface area contributed by atoms with Gasteiger partial charge in [-0.05, 0) is 55.5 Å². The van der Waals surface area contributed by atoms with Gasteiger partial charge in [-0.15, -0.1) is 0 Å². The highest BCUT2D eigenvalue weighted by molar-refractivity contribution is 5.90. The average Bonchev–Trinajstić information content (AvgIpc) is 2.78. The Hall–Kier alpha value is -4.13. The van der Waals surface area contributed by atoms with Crippen LogP contribution in [0.15, 0.2) is 77.6 Å². The van der Waals surface area contributed by atoms with Crippen molar-refractivity contribution >= 4 is 22.5 Å². The third-order valence-corrected chi connectivity index (χ3v) is 4.79. The molecule has 0 radical (unpaired) electrons. The quantitative estimate of drug-likeness (QED) is 0.512. The molecule has 0 aliphatic rings. The van der Waals surface area contributed by atoms with Crippen LogP contribution in [-0.4, -0.2) is 22.6 Å². The monoisotopic (exact) mass is 415 g/mol. The van der Waals surface area contributed by atoms with Crippen LogP contribution in [0.3, 0.4) is 0 Å². The molecule has 0 aliphatic carbocycles. The first-order valence-corrected chi connectivity index (χ1v) is 9.72. The number of nitrogens with zero attached hydrogens (tertiary/aromatic N) is 2. The minimum absolute atomic E-state index is 0.123. The van der Waals surface area contributed by atoms with Crippen LogP contribution in [0.2, 0.25) is 0 Å². The lowest BCUT2D eigenvalue weighted by Gasteiger charge is -2.12. The number of benzene rings is 3. The normalized spacial score (nSPS) is 10.6. The van der Waals surface area contributed by atoms with E-state index in [0.717, 1.165) is 0 Å². The third kappa shape index (κ3) is 4.40. The van der Waals surface area contributed by atoms with Gasteiger partial charge in [0.15, 0.2) is 11.5 Å². The van der Waals surface area contributed by atoms with Gasteiger partial charge >= 0.3 is 0 Å². The number of ether oxygens (including phenoxy) is 2. The van der Waals surface area contributed by atoms with Gasteiger partial charge in [0, 0.05) is 5.69 Å². The van der Waals surface area contributed by atoms with E-state index in [1.54, 1.807) is 56.5 Å². The minimum atomic E-state index is -0.319. The predicted octanol–water partition coefficient (Wildman–Crippen LogP) is 4.14. The molecule has 7 nitrogen and oxygen atoms in total. The van der Waals surface area contributed by atoms with Gasteiger partial charge < -0.3 is 14.8 Å². The second kappa shape index (κ2) is 8.71. The number of aryl methyl sites for hydroxylation is 1. The van der Waals surface area contributed by atoms with E-state index in [4.69, 9.17) is 9.47 Å². The number of amides is 1. The van der Waals surface area contributed by atoms with E-state index in [9.17, 15) is 9.59 Å². The van der Waals surface area contributed by atoms with Crippen molar-refractivity contribution in [3.63, 3.8) is 0 Å². The maximum atomic E-state index is 12.7. The summed E-state index contributed by atoms with van der Waals surface area (Å²) in [7, 11) is 1.58. The summed E-state index contributed by atoms with van der Waals surface area (Å²) in [6.07, 6.45) is 0. The second-order valence-electron chi connectivity index (χ2n) is 6.89. The smallest absolute Gasteiger partial charge is 0.261 e. The van der Waals surface area contributed by atoms with Crippen LogP contribution in [0.1, 0.15) is 5.82 Å². The van der Waals surface area contributed by atoms with Crippen LogP contribution < -0.4 is 20.3 Å². The molecule has 0 aliphatic heterocycles. The predicted molar refractivity (Wildman–Crippen MR) is 119 cm³/mol. The van der Waals surface area contributed by atoms with Gasteiger partial charge in [0.2, 0.25) is 5.91 Å². The zero-order chi connectivity index (χ0) is 21.8. The Labute approximate surface area is 178 Å². The highest BCUT2D eigenvalue weighted by Crippen LogP contribution is 2.31. The maximum absolute atomic E-state index is 12.7. The van der Waals surface area contributed by atoms with Crippen LogP contribution in [0, 0.1) is 6.92 Å². The fourth-order valence-electron chi connectivity index (χ4n) is 3.25. The number of hydrogen-bond acceptors (Lipinski definition) is 5. The Morgan fingerprint density at radius 1 is 0.968 bits per heavy atom. The Balaban J connectivity index is 1.46. The van der Waals surface area contributed by atoms with Crippen molar-refractivity contribution in [2.75, 3.05) is 12.4 Å². The Bertz CT molecular complexity index is 1300. The molecule has 156 valence electrons. The van der Waals surface area contributed by atoms with Gasteiger partial charge in [0.05, 0.1) is 18.0 Å². The van der Waals surface area contributed by atoms with Gasteiger partial charge in [-0.25, -0.2) is 4.98 Å². The van der Waals surface area contributed by atoms with E-state index in [-0.39, 0.29) is 18.0 Å². The van der Waals surface area contributed by atoms with Gasteiger partial charge in [0.1, 0.15) is 18.1 Å². The SMILES string of the molecule is COc1ccccc1Oc1ccc(NC(=O)Cn2c(C)nc3ccccc3c2=O)cc1. The van der Waals surface area contributed by atoms with Crippen LogP contribution in [0.25, 0.3) is 10.9 Å². The topological polar surface area (TPSA) is 82.4 Å². The third-order valence-electron chi connectivity index (χ3n) is 4.79. The summed E-state index contributed by atoms with van der Waals surface area (Å²) < 4.78 is 12.5. The molecule has 0 spiro atoms. The molecule has 7 heteroatoms. The van der Waals surface area contributed by atoms with Gasteiger partial charge in [-0.2, -0.15) is 0 Å². The average molecular weight is 415 g/mol. The zero-order valence-electron chi connectivity index (χ0n) is 17.2. The van der Waals surface area contributed by atoms with E-state index in [1.807, 2.05) is 30.3 Å². The number of para-hydroxylation sites is 3. The van der Waals surface area contributed by atoms with Crippen molar-refractivity contribution < 1.29 is 14.3 Å². The molecule has 31 heavy (non-hydrogen) atoms. The van der Waals surface area contributed by atoms with Crippen LogP contribution in [0.5, 0.6) is 17.2 Å². The van der Waals surface area contributed by atoms with Gasteiger partial charge in [-0.3, -0.25) is 14.2 Å². The molecule has 0 atom stereocenters. The number of nitrogens with one attached hydrogen (secondary N) is 1. The number of carbonyl (C=O) groups excluding carboxylic acids is 1. The van der Waals surface area contributed by atoms with Crippen molar-refractivity contribution in [1.82, 2.24) is 9.55 Å². The summed E-state index contributed by atoms with van der Waals surface area (Å²) in [6, 6.07) is 21.4. The fraction of sp³-hybridized carbons (Fsp3) is 0.125. The number of methoxy groups -OCH3 is 1. The molecular formula is C24H21N3O4. The Kier molecular flexibility index (Phi) is 5.66. The van der Waals surface area contributed by atoms with E-state index < -0.39 is 0 Å². The second-order valence-corrected chi connectivity index (χ2v) is 6.89. The molecule has 0 unspecified atom stereocenters. The maximum Gasteiger partial charge on any atom is 0.261 e. The van der Waals surface area contributed by atoms with Gasteiger partial charge in [-0.1, -0.05) is 24.3 Å². The fourth-order valence-corrected chi connectivity index (χ4v) is 3.25. The number of hydrogen-bond donors (Lipinski definition) is 1. The summed E-state index contributed by atoms with van der Waals surface area (Å²) in [5.41, 5.74) is 0.975. The molecule has 3 aromatic carbocycles. The van der Waals surface area contributed by atoms with Crippen molar-refractivity contribution in [2.45, 2.75) is 13.5 Å². The summed E-state index contributed by atoms with van der Waals surface area (Å²) in [6.45, 7) is 1.59. The molecule has 1 aromatic heterocycles. The number of anilines is 1. The van der Waals surface area contributed by atoms with E-state index in [0.29, 0.717) is 39.7 Å². The number of aromatic nitrogens is 2. The van der Waals surface area contributed by atoms with Crippen molar-refractivity contribution in [2.24, 2.45) is 0 Å². The van der Waals surface area contributed by atoms with Gasteiger partial charge in [0.25, 0.3) is 5.56 Å². The largest absolute Gasteiger partial charge is 0.493 e. The summed E-state index contributed by atoms with van der Waals surface area (Å²) in [4.78, 5) is 29.7.